The summed E-state index contributed by atoms with van der Waals surface area (Å²) in [4.78, 5) is 0. The first kappa shape index (κ1) is 28.1. The van der Waals surface area contributed by atoms with Gasteiger partial charge in [-0.25, -0.2) is 0 Å². The number of hydrogen-bond acceptors (Lipinski definition) is 0. The van der Waals surface area contributed by atoms with Crippen molar-refractivity contribution in [2.75, 3.05) is 0 Å². The Morgan fingerprint density at radius 2 is 0.930 bits per heavy atom. The molecular formula is C43H46. The van der Waals surface area contributed by atoms with Gasteiger partial charge in [0, 0.05) is 5.41 Å². The molecule has 0 nitrogen and oxygen atoms in total. The third-order valence-electron chi connectivity index (χ3n) is 10.6. The van der Waals surface area contributed by atoms with Crippen LogP contribution in [-0.2, 0) is 23.7 Å². The molecule has 0 bridgehead atoms. The predicted octanol–water partition coefficient (Wildman–Crippen LogP) is 11.8. The quantitative estimate of drug-likeness (QED) is 0.232. The van der Waals surface area contributed by atoms with E-state index >= 15 is 0 Å². The highest BCUT2D eigenvalue weighted by Gasteiger charge is 2.43. The molecule has 0 heteroatoms. The molecule has 0 unspecified atom stereocenters. The number of rotatable bonds is 4. The second-order valence-electron chi connectivity index (χ2n) is 15.4. The molecule has 0 radical (unpaired) electrons. The minimum absolute atomic E-state index is 0.139. The molecule has 1 saturated carbocycles. The lowest BCUT2D eigenvalue weighted by Gasteiger charge is -2.33. The topological polar surface area (TPSA) is 0 Å². The summed E-state index contributed by atoms with van der Waals surface area (Å²) in [5, 5.41) is 0. The maximum atomic E-state index is 2.61. The van der Waals surface area contributed by atoms with Gasteiger partial charge in [-0.2, -0.15) is 0 Å². The van der Waals surface area contributed by atoms with Crippen molar-refractivity contribution in [1.82, 2.24) is 0 Å². The van der Waals surface area contributed by atoms with Gasteiger partial charge in [-0.1, -0.05) is 163 Å². The molecule has 0 atom stereocenters. The minimum Gasteiger partial charge on any atom is -0.0614 e. The molecule has 7 rings (SSSR count). The van der Waals surface area contributed by atoms with E-state index in [0.29, 0.717) is 0 Å². The molecule has 0 saturated heterocycles. The van der Waals surface area contributed by atoms with Crippen LogP contribution in [0.15, 0.2) is 96.1 Å². The van der Waals surface area contributed by atoms with Crippen LogP contribution in [0.4, 0.5) is 0 Å². The molecule has 4 aromatic rings. The molecular weight excluding hydrogens is 516 g/mol. The summed E-state index contributed by atoms with van der Waals surface area (Å²) in [6.07, 6.45) is 12.6. The Hall–Kier alpha value is -3.64. The lowest BCUT2D eigenvalue weighted by atomic mass is 9.71. The fraction of sp³-hybridized carbons (Fsp3) is 0.349. The van der Waals surface area contributed by atoms with Gasteiger partial charge in [-0.3, -0.25) is 0 Å². The lowest BCUT2D eigenvalue weighted by Crippen LogP contribution is -2.22. The monoisotopic (exact) mass is 562 g/mol. The Morgan fingerprint density at radius 3 is 1.35 bits per heavy atom. The van der Waals surface area contributed by atoms with Gasteiger partial charge in [-0.05, 0) is 92.1 Å². The average molecular weight is 563 g/mol. The number of hydrogen-bond donors (Lipinski definition) is 0. The first-order valence-corrected chi connectivity index (χ1v) is 16.4. The smallest absolute Gasteiger partial charge is 0.0134 e. The Kier molecular flexibility index (Phi) is 6.69. The van der Waals surface area contributed by atoms with E-state index in [1.807, 2.05) is 0 Å². The zero-order valence-corrected chi connectivity index (χ0v) is 27.0. The molecule has 0 aromatic heterocycles. The first-order chi connectivity index (χ1) is 20.5. The summed E-state index contributed by atoms with van der Waals surface area (Å²) < 4.78 is 0. The fourth-order valence-corrected chi connectivity index (χ4v) is 7.99. The fourth-order valence-electron chi connectivity index (χ4n) is 7.99. The van der Waals surface area contributed by atoms with Crippen LogP contribution in [0.5, 0.6) is 0 Å². The Balaban J connectivity index is 1.29. The SMILES string of the molecule is CC(C)(C)c1cccc(-c2cccc3c2C=C(C2(C4=Cc5c(cccc5-c5cccc(C(C)(C)C)c5)C4)CCCC2)C3)c1. The van der Waals surface area contributed by atoms with E-state index in [1.165, 1.54) is 81.3 Å². The van der Waals surface area contributed by atoms with Gasteiger partial charge < -0.3 is 0 Å². The van der Waals surface area contributed by atoms with Crippen molar-refractivity contribution in [3.8, 4) is 22.3 Å². The Morgan fingerprint density at radius 1 is 0.512 bits per heavy atom. The van der Waals surface area contributed by atoms with Gasteiger partial charge in [0.25, 0.3) is 0 Å². The van der Waals surface area contributed by atoms with E-state index < -0.39 is 0 Å². The summed E-state index contributed by atoms with van der Waals surface area (Å²) in [5.41, 5.74) is 17.9. The van der Waals surface area contributed by atoms with Gasteiger partial charge in [-0.15, -0.1) is 0 Å². The largest absolute Gasteiger partial charge is 0.0614 e. The second kappa shape index (κ2) is 10.2. The first-order valence-electron chi connectivity index (χ1n) is 16.4. The molecule has 218 valence electrons. The van der Waals surface area contributed by atoms with Crippen molar-refractivity contribution in [2.45, 2.75) is 90.9 Å². The molecule has 0 heterocycles. The molecule has 3 aliphatic carbocycles. The highest BCUT2D eigenvalue weighted by molar-refractivity contribution is 5.85. The summed E-state index contributed by atoms with van der Waals surface area (Å²) in [6, 6.07) is 32.4. The van der Waals surface area contributed by atoms with Crippen LogP contribution in [0.1, 0.15) is 101 Å². The van der Waals surface area contributed by atoms with Crippen LogP contribution in [0.2, 0.25) is 0 Å². The van der Waals surface area contributed by atoms with Gasteiger partial charge in [0.2, 0.25) is 0 Å². The van der Waals surface area contributed by atoms with E-state index in [2.05, 4.69) is 139 Å². The molecule has 3 aliphatic rings. The maximum absolute atomic E-state index is 2.61. The number of fused-ring (bicyclic) bond motifs is 2. The van der Waals surface area contributed by atoms with Crippen LogP contribution in [-0.4, -0.2) is 0 Å². The standard InChI is InChI=1S/C43H46/c1-41(2,3)33-17-9-13-29(23-33)37-19-11-15-31-25-35(27-39(31)37)43(21-7-8-22-43)36-26-32-16-12-20-38(40(32)28-36)30-14-10-18-34(24-30)42(4,5)6/h9-20,23-24,27-28H,7-8,21-22,25-26H2,1-6H3. The zero-order valence-electron chi connectivity index (χ0n) is 27.0. The molecule has 0 aliphatic heterocycles. The molecule has 0 N–H and O–H groups in total. The third-order valence-corrected chi connectivity index (χ3v) is 10.6. The molecule has 43 heavy (non-hydrogen) atoms. The van der Waals surface area contributed by atoms with E-state index in [4.69, 9.17) is 0 Å². The molecule has 0 spiro atoms. The van der Waals surface area contributed by atoms with Crippen molar-refractivity contribution in [1.29, 1.82) is 0 Å². The summed E-state index contributed by atoms with van der Waals surface area (Å²) in [7, 11) is 0. The second-order valence-corrected chi connectivity index (χ2v) is 15.4. The van der Waals surface area contributed by atoms with Gasteiger partial charge in [0.15, 0.2) is 0 Å². The number of benzene rings is 4. The van der Waals surface area contributed by atoms with Crippen molar-refractivity contribution in [3.63, 3.8) is 0 Å². The van der Waals surface area contributed by atoms with E-state index in [0.717, 1.165) is 12.8 Å². The summed E-state index contributed by atoms with van der Waals surface area (Å²) in [5.74, 6) is 0. The Bertz CT molecular complexity index is 1640. The summed E-state index contributed by atoms with van der Waals surface area (Å²) in [6.45, 7) is 13.9. The van der Waals surface area contributed by atoms with Gasteiger partial charge >= 0.3 is 0 Å². The molecule has 1 fully saturated rings. The van der Waals surface area contributed by atoms with Crippen LogP contribution in [0.3, 0.4) is 0 Å². The Labute approximate surface area is 259 Å². The van der Waals surface area contributed by atoms with Crippen LogP contribution >= 0.6 is 0 Å². The van der Waals surface area contributed by atoms with E-state index in [1.54, 1.807) is 11.1 Å². The average Bonchev–Trinajstić information content (AvgIpc) is 3.74. The van der Waals surface area contributed by atoms with Crippen LogP contribution in [0.25, 0.3) is 34.4 Å². The molecule has 0 amide bonds. The predicted molar refractivity (Wildman–Crippen MR) is 185 cm³/mol. The van der Waals surface area contributed by atoms with E-state index in [-0.39, 0.29) is 16.2 Å². The zero-order chi connectivity index (χ0) is 30.0. The highest BCUT2D eigenvalue weighted by Crippen LogP contribution is 2.56. The van der Waals surface area contributed by atoms with Crippen molar-refractivity contribution in [2.24, 2.45) is 5.41 Å². The highest BCUT2D eigenvalue weighted by atomic mass is 14.5. The van der Waals surface area contributed by atoms with Crippen molar-refractivity contribution >= 4 is 12.2 Å². The van der Waals surface area contributed by atoms with Gasteiger partial charge in [0.1, 0.15) is 0 Å². The lowest BCUT2D eigenvalue weighted by molar-refractivity contribution is 0.437. The third kappa shape index (κ3) is 4.94. The van der Waals surface area contributed by atoms with Crippen LogP contribution in [0, 0.1) is 5.41 Å². The maximum Gasteiger partial charge on any atom is 0.0134 e. The molecule has 4 aromatic carbocycles. The number of allylic oxidation sites excluding steroid dienone is 2. The van der Waals surface area contributed by atoms with Gasteiger partial charge in [0.05, 0.1) is 0 Å². The van der Waals surface area contributed by atoms with Crippen molar-refractivity contribution < 1.29 is 0 Å². The van der Waals surface area contributed by atoms with E-state index in [9.17, 15) is 0 Å². The van der Waals surface area contributed by atoms with Crippen LogP contribution < -0.4 is 0 Å². The summed E-state index contributed by atoms with van der Waals surface area (Å²) >= 11 is 0. The van der Waals surface area contributed by atoms with Crippen molar-refractivity contribution in [3.05, 3.63) is 129 Å². The minimum atomic E-state index is 0.139. The normalized spacial score (nSPS) is 17.4.